The molecule has 1 atom stereocenters. The Kier molecular flexibility index (Phi) is 6.41. The molecule has 0 radical (unpaired) electrons. The van der Waals surface area contributed by atoms with Gasteiger partial charge in [0.1, 0.15) is 6.54 Å². The first kappa shape index (κ1) is 18.5. The number of aryl methyl sites for hydroxylation is 2. The lowest BCUT2D eigenvalue weighted by atomic mass is 10.1. The molecule has 1 aromatic rings. The fourth-order valence-corrected chi connectivity index (χ4v) is 3.29. The molecule has 22 heavy (non-hydrogen) atoms. The summed E-state index contributed by atoms with van der Waals surface area (Å²) in [6.07, 6.45) is 2.95. The van der Waals surface area contributed by atoms with Crippen LogP contribution in [0.2, 0.25) is 0 Å². The highest BCUT2D eigenvalue weighted by Gasteiger charge is 2.21. The molecule has 6 heteroatoms. The van der Waals surface area contributed by atoms with Crippen LogP contribution in [0.25, 0.3) is 0 Å². The van der Waals surface area contributed by atoms with Crippen molar-refractivity contribution < 1.29 is 13.2 Å². The molecule has 0 aliphatic carbocycles. The summed E-state index contributed by atoms with van der Waals surface area (Å²) in [7, 11) is -3.52. The van der Waals surface area contributed by atoms with Crippen LogP contribution in [0.5, 0.6) is 0 Å². The first-order chi connectivity index (χ1) is 10.1. The number of sulfonamides is 1. The van der Waals surface area contributed by atoms with Crippen molar-refractivity contribution >= 4 is 21.6 Å². The quantitative estimate of drug-likeness (QED) is 0.836. The Morgan fingerprint density at radius 3 is 2.23 bits per heavy atom. The number of carbonyl (C=O) groups is 1. The van der Waals surface area contributed by atoms with Crippen LogP contribution in [0, 0.1) is 13.8 Å². The van der Waals surface area contributed by atoms with Crippen molar-refractivity contribution in [2.45, 2.75) is 46.6 Å². The number of nitrogens with one attached hydrogen (secondary N) is 1. The molecule has 5 nitrogen and oxygen atoms in total. The van der Waals surface area contributed by atoms with Gasteiger partial charge in [-0.05, 0) is 50.5 Å². The number of rotatable bonds is 7. The molecule has 1 rings (SSSR count). The standard InChI is InChI=1S/C16H26N2O3S/c1-6-7-14(4)17-16(19)11-18(22(5,20)21)15-9-12(2)8-13(3)10-15/h8-10,14H,6-7,11H2,1-5H3,(H,17,19)/t14-/m0/s1. The Balaban J connectivity index is 2.98. The van der Waals surface area contributed by atoms with Gasteiger partial charge in [-0.25, -0.2) is 8.42 Å². The van der Waals surface area contributed by atoms with E-state index in [1.165, 1.54) is 0 Å². The molecule has 0 aliphatic heterocycles. The van der Waals surface area contributed by atoms with Gasteiger partial charge in [-0.2, -0.15) is 0 Å². The van der Waals surface area contributed by atoms with Crippen LogP contribution in [0.15, 0.2) is 18.2 Å². The van der Waals surface area contributed by atoms with E-state index in [0.717, 1.165) is 34.5 Å². The topological polar surface area (TPSA) is 66.5 Å². The fourth-order valence-electron chi connectivity index (χ4n) is 2.45. The first-order valence-corrected chi connectivity index (χ1v) is 9.33. The zero-order chi connectivity index (χ0) is 16.9. The van der Waals surface area contributed by atoms with Crippen molar-refractivity contribution in [3.05, 3.63) is 29.3 Å². The van der Waals surface area contributed by atoms with E-state index >= 15 is 0 Å². The van der Waals surface area contributed by atoms with Crippen molar-refractivity contribution in [3.8, 4) is 0 Å². The van der Waals surface area contributed by atoms with Crippen LogP contribution in [-0.4, -0.2) is 33.2 Å². The highest BCUT2D eigenvalue weighted by atomic mass is 32.2. The second kappa shape index (κ2) is 7.63. The van der Waals surface area contributed by atoms with Crippen molar-refractivity contribution in [1.82, 2.24) is 5.32 Å². The van der Waals surface area contributed by atoms with E-state index in [2.05, 4.69) is 5.32 Å². The van der Waals surface area contributed by atoms with Crippen LogP contribution in [0.3, 0.4) is 0 Å². The maximum absolute atomic E-state index is 12.1. The minimum Gasteiger partial charge on any atom is -0.352 e. The monoisotopic (exact) mass is 326 g/mol. The van der Waals surface area contributed by atoms with Crippen LogP contribution >= 0.6 is 0 Å². The average Bonchev–Trinajstić information content (AvgIpc) is 2.33. The van der Waals surface area contributed by atoms with Crippen LogP contribution < -0.4 is 9.62 Å². The molecule has 0 saturated carbocycles. The lowest BCUT2D eigenvalue weighted by molar-refractivity contribution is -0.120. The molecular weight excluding hydrogens is 300 g/mol. The van der Waals surface area contributed by atoms with E-state index in [4.69, 9.17) is 0 Å². The molecule has 0 aromatic heterocycles. The van der Waals surface area contributed by atoms with E-state index < -0.39 is 10.0 Å². The van der Waals surface area contributed by atoms with Gasteiger partial charge >= 0.3 is 0 Å². The Bertz CT molecular complexity index is 606. The van der Waals surface area contributed by atoms with Crippen molar-refractivity contribution in [1.29, 1.82) is 0 Å². The van der Waals surface area contributed by atoms with Gasteiger partial charge in [0.15, 0.2) is 0 Å². The molecule has 0 unspecified atom stereocenters. The Morgan fingerprint density at radius 2 is 1.77 bits per heavy atom. The molecule has 0 heterocycles. The summed E-state index contributed by atoms with van der Waals surface area (Å²) in [6.45, 7) is 7.57. The summed E-state index contributed by atoms with van der Waals surface area (Å²) >= 11 is 0. The minimum atomic E-state index is -3.52. The highest BCUT2D eigenvalue weighted by molar-refractivity contribution is 7.92. The number of nitrogens with zero attached hydrogens (tertiary/aromatic N) is 1. The Hall–Kier alpha value is -1.56. The van der Waals surface area contributed by atoms with Gasteiger partial charge in [0.05, 0.1) is 11.9 Å². The van der Waals surface area contributed by atoms with Crippen molar-refractivity contribution in [2.75, 3.05) is 17.1 Å². The lowest BCUT2D eigenvalue weighted by Crippen LogP contribution is -2.43. The van der Waals surface area contributed by atoms with Crippen molar-refractivity contribution in [2.24, 2.45) is 0 Å². The van der Waals surface area contributed by atoms with Gasteiger partial charge in [0.25, 0.3) is 0 Å². The van der Waals surface area contributed by atoms with Gasteiger partial charge in [-0.3, -0.25) is 9.10 Å². The summed E-state index contributed by atoms with van der Waals surface area (Å²) in [4.78, 5) is 12.1. The maximum atomic E-state index is 12.1. The SMILES string of the molecule is CCC[C@H](C)NC(=O)CN(c1cc(C)cc(C)c1)S(C)(=O)=O. The zero-order valence-electron chi connectivity index (χ0n) is 14.0. The number of amides is 1. The van der Waals surface area contributed by atoms with E-state index in [1.807, 2.05) is 33.8 Å². The average molecular weight is 326 g/mol. The molecule has 0 spiro atoms. The second-order valence-electron chi connectivity index (χ2n) is 5.87. The Labute approximate surface area is 133 Å². The Morgan fingerprint density at radius 1 is 1.23 bits per heavy atom. The second-order valence-corrected chi connectivity index (χ2v) is 7.78. The molecule has 124 valence electrons. The number of anilines is 1. The van der Waals surface area contributed by atoms with Crippen LogP contribution in [0.4, 0.5) is 5.69 Å². The number of hydrogen-bond donors (Lipinski definition) is 1. The minimum absolute atomic E-state index is 0.0400. The van der Waals surface area contributed by atoms with Crippen molar-refractivity contribution in [3.63, 3.8) is 0 Å². The molecule has 0 saturated heterocycles. The third kappa shape index (κ3) is 5.67. The molecule has 0 bridgehead atoms. The van der Waals surface area contributed by atoms with Gasteiger partial charge < -0.3 is 5.32 Å². The highest BCUT2D eigenvalue weighted by Crippen LogP contribution is 2.21. The fraction of sp³-hybridized carbons (Fsp3) is 0.562. The van der Waals surface area contributed by atoms with E-state index in [1.54, 1.807) is 12.1 Å². The van der Waals surface area contributed by atoms with Gasteiger partial charge in [-0.1, -0.05) is 19.4 Å². The molecule has 1 aromatic carbocycles. The third-order valence-electron chi connectivity index (χ3n) is 3.31. The number of hydrogen-bond acceptors (Lipinski definition) is 3. The van der Waals surface area contributed by atoms with Crippen LogP contribution in [0.1, 0.15) is 37.8 Å². The largest absolute Gasteiger partial charge is 0.352 e. The molecule has 0 aliphatic rings. The van der Waals surface area contributed by atoms with E-state index in [9.17, 15) is 13.2 Å². The summed E-state index contributed by atoms with van der Waals surface area (Å²) in [6, 6.07) is 5.55. The normalized spacial score (nSPS) is 12.8. The summed E-state index contributed by atoms with van der Waals surface area (Å²) in [5.41, 5.74) is 2.45. The third-order valence-corrected chi connectivity index (χ3v) is 4.45. The van der Waals surface area contributed by atoms with E-state index in [0.29, 0.717) is 5.69 Å². The summed E-state index contributed by atoms with van der Waals surface area (Å²) < 4.78 is 25.2. The smallest absolute Gasteiger partial charge is 0.240 e. The molecular formula is C16H26N2O3S. The van der Waals surface area contributed by atoms with Gasteiger partial charge in [0, 0.05) is 6.04 Å². The molecule has 1 amide bonds. The van der Waals surface area contributed by atoms with Crippen LogP contribution in [-0.2, 0) is 14.8 Å². The maximum Gasteiger partial charge on any atom is 0.240 e. The van der Waals surface area contributed by atoms with Gasteiger partial charge in [-0.15, -0.1) is 0 Å². The first-order valence-electron chi connectivity index (χ1n) is 7.49. The predicted octanol–water partition coefficient (Wildman–Crippen LogP) is 2.37. The van der Waals surface area contributed by atoms with Gasteiger partial charge in [0.2, 0.25) is 15.9 Å². The summed E-state index contributed by atoms with van der Waals surface area (Å²) in [5, 5.41) is 2.84. The lowest BCUT2D eigenvalue weighted by Gasteiger charge is -2.24. The predicted molar refractivity (Wildman–Crippen MR) is 90.6 cm³/mol. The number of benzene rings is 1. The molecule has 0 fully saturated rings. The summed E-state index contributed by atoms with van der Waals surface area (Å²) in [5.74, 6) is -0.287. The molecule has 1 N–H and O–H groups in total. The van der Waals surface area contributed by atoms with E-state index in [-0.39, 0.29) is 18.5 Å². The zero-order valence-corrected chi connectivity index (χ0v) is 14.8. The number of carbonyl (C=O) groups excluding carboxylic acids is 1.